The summed E-state index contributed by atoms with van der Waals surface area (Å²) in [7, 11) is 0. The number of carboxylic acid groups (broad SMARTS) is 1. The largest absolute Gasteiger partial charge is 0.465 e. The second-order valence-corrected chi connectivity index (χ2v) is 5.13. The van der Waals surface area contributed by atoms with Crippen molar-refractivity contribution in [1.29, 1.82) is 0 Å². The van der Waals surface area contributed by atoms with Crippen molar-refractivity contribution < 1.29 is 24.0 Å². The first-order valence-corrected chi connectivity index (χ1v) is 7.33. The highest BCUT2D eigenvalue weighted by Gasteiger charge is 2.39. The van der Waals surface area contributed by atoms with Gasteiger partial charge in [0.05, 0.1) is 18.2 Å². The summed E-state index contributed by atoms with van der Waals surface area (Å²) in [5, 5.41) is 13.3. The van der Waals surface area contributed by atoms with E-state index in [0.29, 0.717) is 17.7 Å². The monoisotopic (exact) mass is 316 g/mol. The van der Waals surface area contributed by atoms with Crippen molar-refractivity contribution >= 4 is 12.1 Å². The lowest BCUT2D eigenvalue weighted by molar-refractivity contribution is 0.0511. The fourth-order valence-electron chi connectivity index (χ4n) is 2.84. The molecule has 1 aliphatic rings. The number of nitrogens with zero attached hydrogens (tertiary/aromatic N) is 2. The number of carbonyl (C=O) groups excluding carboxylic acids is 1. The number of esters is 1. The lowest BCUT2D eigenvalue weighted by atomic mass is 9.91. The Balaban J connectivity index is 2.13. The SMILES string of the molecule is CCOC(=O)c1noc2c1C(c1ccccc1)N(C(=O)O)CC2. The lowest BCUT2D eigenvalue weighted by Crippen LogP contribution is -2.40. The van der Waals surface area contributed by atoms with Gasteiger partial charge in [-0.05, 0) is 12.5 Å². The number of hydrogen-bond donors (Lipinski definition) is 1. The van der Waals surface area contributed by atoms with Gasteiger partial charge in [-0.1, -0.05) is 35.5 Å². The zero-order valence-corrected chi connectivity index (χ0v) is 12.6. The molecular weight excluding hydrogens is 300 g/mol. The molecule has 0 bridgehead atoms. The van der Waals surface area contributed by atoms with Gasteiger partial charge in [0.2, 0.25) is 0 Å². The Morgan fingerprint density at radius 3 is 2.78 bits per heavy atom. The van der Waals surface area contributed by atoms with E-state index in [9.17, 15) is 14.7 Å². The molecule has 3 rings (SSSR count). The van der Waals surface area contributed by atoms with Gasteiger partial charge in [-0.15, -0.1) is 0 Å². The molecule has 1 aromatic carbocycles. The molecule has 0 spiro atoms. The van der Waals surface area contributed by atoms with Crippen LogP contribution in [0.15, 0.2) is 34.9 Å². The second-order valence-electron chi connectivity index (χ2n) is 5.13. The van der Waals surface area contributed by atoms with E-state index in [1.165, 1.54) is 4.90 Å². The minimum Gasteiger partial charge on any atom is -0.465 e. The van der Waals surface area contributed by atoms with E-state index in [0.717, 1.165) is 5.56 Å². The standard InChI is InChI=1S/C16H16N2O5/c1-2-22-15(19)13-12-11(23-17-13)8-9-18(16(20)21)14(12)10-6-4-3-5-7-10/h3-7,14H,2,8-9H2,1H3,(H,20,21). The molecule has 0 radical (unpaired) electrons. The van der Waals surface area contributed by atoms with E-state index in [4.69, 9.17) is 9.26 Å². The smallest absolute Gasteiger partial charge is 0.408 e. The molecule has 0 aliphatic carbocycles. The van der Waals surface area contributed by atoms with Crippen molar-refractivity contribution in [3.63, 3.8) is 0 Å². The number of hydrogen-bond acceptors (Lipinski definition) is 5. The van der Waals surface area contributed by atoms with Gasteiger partial charge >= 0.3 is 12.1 Å². The maximum Gasteiger partial charge on any atom is 0.408 e. The van der Waals surface area contributed by atoms with E-state index in [1.54, 1.807) is 6.92 Å². The highest BCUT2D eigenvalue weighted by atomic mass is 16.5. The maximum absolute atomic E-state index is 12.1. The van der Waals surface area contributed by atoms with Crippen molar-refractivity contribution in [1.82, 2.24) is 10.1 Å². The zero-order valence-electron chi connectivity index (χ0n) is 12.6. The van der Waals surface area contributed by atoms with Crippen molar-refractivity contribution in [2.24, 2.45) is 0 Å². The number of carbonyl (C=O) groups is 2. The minimum absolute atomic E-state index is 0.0432. The average Bonchev–Trinajstić information content (AvgIpc) is 2.99. The highest BCUT2D eigenvalue weighted by Crippen LogP contribution is 2.37. The van der Waals surface area contributed by atoms with Gasteiger partial charge < -0.3 is 14.4 Å². The maximum atomic E-state index is 12.1. The van der Waals surface area contributed by atoms with Crippen molar-refractivity contribution in [3.8, 4) is 0 Å². The van der Waals surface area contributed by atoms with Crippen LogP contribution in [0.5, 0.6) is 0 Å². The van der Waals surface area contributed by atoms with Crippen LogP contribution in [-0.4, -0.2) is 40.4 Å². The van der Waals surface area contributed by atoms with Gasteiger partial charge in [0.15, 0.2) is 5.69 Å². The van der Waals surface area contributed by atoms with E-state index < -0.39 is 18.1 Å². The van der Waals surface area contributed by atoms with Crippen LogP contribution < -0.4 is 0 Å². The minimum atomic E-state index is -1.06. The van der Waals surface area contributed by atoms with Gasteiger partial charge in [0.1, 0.15) is 5.76 Å². The van der Waals surface area contributed by atoms with Crippen LogP contribution in [0.3, 0.4) is 0 Å². The summed E-state index contributed by atoms with van der Waals surface area (Å²) < 4.78 is 10.3. The first kappa shape index (κ1) is 15.1. The predicted octanol–water partition coefficient (Wildman–Crippen LogP) is 2.48. The Labute approximate surface area is 132 Å². The van der Waals surface area contributed by atoms with Crippen LogP contribution in [0.25, 0.3) is 0 Å². The number of aromatic nitrogens is 1. The number of amides is 1. The Kier molecular flexibility index (Phi) is 4.01. The summed E-state index contributed by atoms with van der Waals surface area (Å²) in [6, 6.07) is 8.48. The Morgan fingerprint density at radius 2 is 2.13 bits per heavy atom. The number of fused-ring (bicyclic) bond motifs is 1. The van der Waals surface area contributed by atoms with Gasteiger partial charge in [0.25, 0.3) is 0 Å². The molecule has 0 fully saturated rings. The first-order valence-electron chi connectivity index (χ1n) is 7.33. The van der Waals surface area contributed by atoms with Crippen LogP contribution in [0, 0.1) is 0 Å². The van der Waals surface area contributed by atoms with Crippen LogP contribution in [-0.2, 0) is 11.2 Å². The van der Waals surface area contributed by atoms with Crippen LogP contribution in [0.1, 0.15) is 40.3 Å². The molecule has 1 unspecified atom stereocenters. The van der Waals surface area contributed by atoms with E-state index in [1.807, 2.05) is 30.3 Å². The molecule has 1 atom stereocenters. The molecule has 0 saturated heterocycles. The summed E-state index contributed by atoms with van der Waals surface area (Å²) >= 11 is 0. The summed E-state index contributed by atoms with van der Waals surface area (Å²) in [6.45, 7) is 2.18. The molecule has 7 heteroatoms. The topological polar surface area (TPSA) is 92.9 Å². The summed E-state index contributed by atoms with van der Waals surface area (Å²) in [5.74, 6) is -0.0786. The number of rotatable bonds is 3. The van der Waals surface area contributed by atoms with E-state index in [-0.39, 0.29) is 18.8 Å². The Morgan fingerprint density at radius 1 is 1.39 bits per heavy atom. The molecule has 7 nitrogen and oxygen atoms in total. The fourth-order valence-corrected chi connectivity index (χ4v) is 2.84. The second kappa shape index (κ2) is 6.12. The molecule has 2 heterocycles. The van der Waals surface area contributed by atoms with Gasteiger partial charge in [0, 0.05) is 13.0 Å². The van der Waals surface area contributed by atoms with Crippen LogP contribution in [0.2, 0.25) is 0 Å². The molecule has 1 N–H and O–H groups in total. The van der Waals surface area contributed by atoms with Gasteiger partial charge in [-0.2, -0.15) is 0 Å². The predicted molar refractivity (Wildman–Crippen MR) is 79.2 cm³/mol. The molecule has 1 amide bonds. The highest BCUT2D eigenvalue weighted by molar-refractivity contribution is 5.89. The molecular formula is C16H16N2O5. The number of benzene rings is 1. The molecule has 0 saturated carbocycles. The lowest BCUT2D eigenvalue weighted by Gasteiger charge is -2.33. The van der Waals surface area contributed by atoms with Crippen molar-refractivity contribution in [2.45, 2.75) is 19.4 Å². The Hall–Kier alpha value is -2.83. The molecule has 1 aromatic heterocycles. The molecule has 120 valence electrons. The van der Waals surface area contributed by atoms with Crippen LogP contribution in [0.4, 0.5) is 4.79 Å². The fraction of sp³-hybridized carbons (Fsp3) is 0.312. The zero-order chi connectivity index (χ0) is 16.4. The third-order valence-corrected chi connectivity index (χ3v) is 3.80. The van der Waals surface area contributed by atoms with Crippen LogP contribution >= 0.6 is 0 Å². The molecule has 23 heavy (non-hydrogen) atoms. The quantitative estimate of drug-likeness (QED) is 0.874. The molecule has 2 aromatic rings. The van der Waals surface area contributed by atoms with E-state index >= 15 is 0 Å². The Bertz CT molecular complexity index is 725. The van der Waals surface area contributed by atoms with Crippen molar-refractivity contribution in [2.75, 3.05) is 13.2 Å². The molecule has 1 aliphatic heterocycles. The average molecular weight is 316 g/mol. The van der Waals surface area contributed by atoms with Gasteiger partial charge in [-0.25, -0.2) is 9.59 Å². The summed E-state index contributed by atoms with van der Waals surface area (Å²) in [6.07, 6.45) is -0.683. The normalized spacial score (nSPS) is 16.7. The summed E-state index contributed by atoms with van der Waals surface area (Å²) in [5.41, 5.74) is 1.27. The van der Waals surface area contributed by atoms with Gasteiger partial charge in [-0.3, -0.25) is 4.90 Å². The van der Waals surface area contributed by atoms with E-state index in [2.05, 4.69) is 5.16 Å². The number of ether oxygens (including phenoxy) is 1. The summed E-state index contributed by atoms with van der Waals surface area (Å²) in [4.78, 5) is 25.0. The first-order chi connectivity index (χ1) is 11.1. The third kappa shape index (κ3) is 2.65. The third-order valence-electron chi connectivity index (χ3n) is 3.80. The van der Waals surface area contributed by atoms with Crippen molar-refractivity contribution in [3.05, 3.63) is 52.9 Å².